The summed E-state index contributed by atoms with van der Waals surface area (Å²) in [7, 11) is 0. The average molecular weight is 230 g/mol. The van der Waals surface area contributed by atoms with E-state index in [0.29, 0.717) is 0 Å². The minimum atomic E-state index is 0.772. The Morgan fingerprint density at radius 1 is 1.11 bits per heavy atom. The van der Waals surface area contributed by atoms with Gasteiger partial charge in [0.1, 0.15) is 0 Å². The van der Waals surface area contributed by atoms with Crippen molar-refractivity contribution < 1.29 is 0 Å². The average Bonchev–Trinajstić information content (AvgIpc) is 2.45. The molecule has 0 aliphatic heterocycles. The van der Waals surface area contributed by atoms with Gasteiger partial charge < -0.3 is 0 Å². The minimum absolute atomic E-state index is 0.772. The van der Waals surface area contributed by atoms with E-state index in [1.54, 1.807) is 24.7 Å². The molecule has 0 aliphatic rings. The molecule has 2 aromatic heterocycles. The predicted molar refractivity (Wildman–Crippen MR) is 72.3 cm³/mol. The summed E-state index contributed by atoms with van der Waals surface area (Å²) in [6, 6.07) is 7.47. The molecule has 0 amide bonds. The SMILES string of the molecule is C#Cc1ccc(C=CC#Cc2cccnc2)nc1. The van der Waals surface area contributed by atoms with Crippen molar-refractivity contribution in [1.82, 2.24) is 9.97 Å². The van der Waals surface area contributed by atoms with Gasteiger partial charge in [-0.05, 0) is 36.4 Å². The zero-order valence-electron chi connectivity index (χ0n) is 9.67. The van der Waals surface area contributed by atoms with E-state index in [-0.39, 0.29) is 0 Å². The van der Waals surface area contributed by atoms with Crippen molar-refractivity contribution in [2.75, 3.05) is 0 Å². The maximum Gasteiger partial charge on any atom is 0.0636 e. The van der Waals surface area contributed by atoms with Crippen LogP contribution in [0.3, 0.4) is 0 Å². The van der Waals surface area contributed by atoms with E-state index >= 15 is 0 Å². The molecular formula is C16H10N2. The molecule has 0 radical (unpaired) electrons. The van der Waals surface area contributed by atoms with E-state index in [2.05, 4.69) is 27.7 Å². The minimum Gasteiger partial charge on any atom is -0.263 e. The van der Waals surface area contributed by atoms with Crippen LogP contribution >= 0.6 is 0 Å². The number of allylic oxidation sites excluding steroid dienone is 1. The highest BCUT2D eigenvalue weighted by Gasteiger charge is 1.88. The van der Waals surface area contributed by atoms with Crippen LogP contribution in [0.25, 0.3) is 6.08 Å². The molecule has 0 aromatic carbocycles. The van der Waals surface area contributed by atoms with Gasteiger partial charge in [0.25, 0.3) is 0 Å². The molecule has 2 heteroatoms. The van der Waals surface area contributed by atoms with E-state index in [1.807, 2.05) is 30.3 Å². The van der Waals surface area contributed by atoms with Gasteiger partial charge in [-0.15, -0.1) is 6.42 Å². The highest BCUT2D eigenvalue weighted by atomic mass is 14.7. The van der Waals surface area contributed by atoms with E-state index in [0.717, 1.165) is 16.8 Å². The zero-order chi connectivity index (χ0) is 12.6. The van der Waals surface area contributed by atoms with Gasteiger partial charge in [0.2, 0.25) is 0 Å². The Kier molecular flexibility index (Phi) is 3.90. The molecule has 0 unspecified atom stereocenters. The number of hydrogen-bond acceptors (Lipinski definition) is 2. The van der Waals surface area contributed by atoms with E-state index in [4.69, 9.17) is 6.42 Å². The standard InChI is InChI=1S/C16H10N2/c1-2-14-9-10-16(18-13-14)8-4-3-6-15-7-5-11-17-12-15/h1,4-5,7-13H. The van der Waals surface area contributed by atoms with Crippen molar-refractivity contribution in [3.05, 3.63) is 65.8 Å². The third kappa shape index (κ3) is 3.33. The lowest BCUT2D eigenvalue weighted by atomic mass is 10.2. The third-order valence-corrected chi connectivity index (χ3v) is 2.17. The van der Waals surface area contributed by atoms with Gasteiger partial charge in [0.05, 0.1) is 5.69 Å². The predicted octanol–water partition coefficient (Wildman–Crippen LogP) is 2.52. The summed E-state index contributed by atoms with van der Waals surface area (Å²) in [6.45, 7) is 0. The smallest absolute Gasteiger partial charge is 0.0636 e. The molecule has 0 atom stereocenters. The first-order valence-corrected chi connectivity index (χ1v) is 5.39. The lowest BCUT2D eigenvalue weighted by Gasteiger charge is -1.91. The first-order chi connectivity index (χ1) is 8.88. The molecule has 2 nitrogen and oxygen atoms in total. The van der Waals surface area contributed by atoms with Crippen molar-refractivity contribution in [2.24, 2.45) is 0 Å². The number of rotatable bonds is 1. The molecule has 0 aliphatic carbocycles. The van der Waals surface area contributed by atoms with Crippen LogP contribution in [0.5, 0.6) is 0 Å². The first-order valence-electron chi connectivity index (χ1n) is 5.39. The van der Waals surface area contributed by atoms with Crippen molar-refractivity contribution in [3.8, 4) is 24.2 Å². The Morgan fingerprint density at radius 3 is 2.72 bits per heavy atom. The topological polar surface area (TPSA) is 25.8 Å². The number of aromatic nitrogens is 2. The summed E-state index contributed by atoms with van der Waals surface area (Å²) in [5.74, 6) is 8.43. The quantitative estimate of drug-likeness (QED) is 0.703. The fourth-order valence-electron chi connectivity index (χ4n) is 1.28. The van der Waals surface area contributed by atoms with Crippen molar-refractivity contribution >= 4 is 6.08 Å². The summed E-state index contributed by atoms with van der Waals surface area (Å²) < 4.78 is 0. The second-order valence-corrected chi connectivity index (χ2v) is 3.46. The largest absolute Gasteiger partial charge is 0.263 e. The highest BCUT2D eigenvalue weighted by Crippen LogP contribution is 2.00. The second kappa shape index (κ2) is 6.03. The summed E-state index contributed by atoms with van der Waals surface area (Å²) in [5.41, 5.74) is 2.49. The lowest BCUT2D eigenvalue weighted by Crippen LogP contribution is -1.81. The van der Waals surface area contributed by atoms with Crippen LogP contribution in [0.1, 0.15) is 16.8 Å². The van der Waals surface area contributed by atoms with E-state index in [9.17, 15) is 0 Å². The third-order valence-electron chi connectivity index (χ3n) is 2.17. The van der Waals surface area contributed by atoms with Crippen LogP contribution in [-0.2, 0) is 0 Å². The van der Waals surface area contributed by atoms with Crippen LogP contribution < -0.4 is 0 Å². The Hall–Kier alpha value is -2.84. The monoisotopic (exact) mass is 230 g/mol. The molecule has 0 spiro atoms. The summed E-state index contributed by atoms with van der Waals surface area (Å²) in [6.07, 6.45) is 13.9. The molecule has 0 saturated heterocycles. The maximum absolute atomic E-state index is 5.25. The fraction of sp³-hybridized carbons (Fsp3) is 0. The van der Waals surface area contributed by atoms with Gasteiger partial charge >= 0.3 is 0 Å². The molecule has 18 heavy (non-hydrogen) atoms. The molecule has 0 saturated carbocycles. The highest BCUT2D eigenvalue weighted by molar-refractivity contribution is 5.51. The van der Waals surface area contributed by atoms with Gasteiger partial charge in [-0.25, -0.2) is 0 Å². The number of pyridine rings is 2. The normalized spacial score (nSPS) is 9.50. The van der Waals surface area contributed by atoms with Gasteiger partial charge in [0.15, 0.2) is 0 Å². The van der Waals surface area contributed by atoms with Crippen molar-refractivity contribution in [2.45, 2.75) is 0 Å². The molecule has 0 N–H and O–H groups in total. The van der Waals surface area contributed by atoms with Crippen molar-refractivity contribution in [1.29, 1.82) is 0 Å². The molecule has 84 valence electrons. The number of nitrogens with zero attached hydrogens (tertiary/aromatic N) is 2. The Bertz CT molecular complexity index is 635. The molecule has 0 fully saturated rings. The van der Waals surface area contributed by atoms with E-state index < -0.39 is 0 Å². The number of terminal acetylenes is 1. The molecule has 2 aromatic rings. The van der Waals surface area contributed by atoms with Gasteiger partial charge in [-0.2, -0.15) is 0 Å². The van der Waals surface area contributed by atoms with Crippen LogP contribution in [0, 0.1) is 24.2 Å². The van der Waals surface area contributed by atoms with Crippen LogP contribution in [0.15, 0.2) is 48.9 Å². The number of hydrogen-bond donors (Lipinski definition) is 0. The Morgan fingerprint density at radius 2 is 2.06 bits per heavy atom. The molecule has 2 rings (SSSR count). The Labute approximate surface area is 106 Å². The maximum atomic E-state index is 5.25. The molecule has 0 bridgehead atoms. The van der Waals surface area contributed by atoms with Gasteiger partial charge in [-0.1, -0.05) is 17.8 Å². The van der Waals surface area contributed by atoms with Gasteiger partial charge in [-0.3, -0.25) is 9.97 Å². The Balaban J connectivity index is 2.04. The second-order valence-electron chi connectivity index (χ2n) is 3.46. The first kappa shape index (κ1) is 11.6. The van der Waals surface area contributed by atoms with Crippen LogP contribution in [-0.4, -0.2) is 9.97 Å². The van der Waals surface area contributed by atoms with Gasteiger partial charge in [0, 0.05) is 29.7 Å². The van der Waals surface area contributed by atoms with E-state index in [1.165, 1.54) is 0 Å². The summed E-state index contributed by atoms with van der Waals surface area (Å²) in [4.78, 5) is 8.17. The summed E-state index contributed by atoms with van der Waals surface area (Å²) in [5, 5.41) is 0. The zero-order valence-corrected chi connectivity index (χ0v) is 9.67. The van der Waals surface area contributed by atoms with Crippen LogP contribution in [0.2, 0.25) is 0 Å². The van der Waals surface area contributed by atoms with Crippen molar-refractivity contribution in [3.63, 3.8) is 0 Å². The van der Waals surface area contributed by atoms with Crippen LogP contribution in [0.4, 0.5) is 0 Å². The fourth-order valence-corrected chi connectivity index (χ4v) is 1.28. The summed E-state index contributed by atoms with van der Waals surface area (Å²) >= 11 is 0. The molecular weight excluding hydrogens is 220 g/mol. The molecule has 2 heterocycles. The lowest BCUT2D eigenvalue weighted by molar-refractivity contribution is 1.28.